The Kier molecular flexibility index (Phi) is 6.32. The van der Waals surface area contributed by atoms with Crippen LogP contribution in [0.1, 0.15) is 28.9 Å². The lowest BCUT2D eigenvalue weighted by Gasteiger charge is -2.38. The van der Waals surface area contributed by atoms with Crippen LogP contribution in [-0.2, 0) is 9.53 Å². The first-order valence-electron chi connectivity index (χ1n) is 9.85. The van der Waals surface area contributed by atoms with Gasteiger partial charge in [-0.15, -0.1) is 11.3 Å². The van der Waals surface area contributed by atoms with E-state index in [1.54, 1.807) is 24.6 Å². The Labute approximate surface area is 184 Å². The summed E-state index contributed by atoms with van der Waals surface area (Å²) in [6, 6.07) is 12.4. The number of piperazine rings is 1. The van der Waals surface area contributed by atoms with Crippen molar-refractivity contribution in [1.29, 1.82) is 0 Å². The van der Waals surface area contributed by atoms with E-state index in [1.165, 1.54) is 11.3 Å². The maximum atomic E-state index is 13.0. The second-order valence-electron chi connectivity index (χ2n) is 7.07. The molecule has 1 aliphatic heterocycles. The molecule has 1 fully saturated rings. The summed E-state index contributed by atoms with van der Waals surface area (Å²) in [5.41, 5.74) is 4.19. The van der Waals surface area contributed by atoms with Gasteiger partial charge in [-0.3, -0.25) is 9.69 Å². The first-order chi connectivity index (χ1) is 14.6. The standard InChI is InChI=1S/C22H22ClN3O3S/c1-2-29-22(28)20(15-3-6-17(23)7-4-15)25-9-11-26(12-10-25)21(27)16-5-8-18-19(13-16)30-14-24-18/h3-8,13-14,20H,2,9-12H2,1H3. The molecule has 0 aliphatic carbocycles. The Bertz CT molecular complexity index is 1050. The molecule has 0 N–H and O–H groups in total. The van der Waals surface area contributed by atoms with Gasteiger partial charge >= 0.3 is 5.97 Å². The average molecular weight is 444 g/mol. The highest BCUT2D eigenvalue weighted by Crippen LogP contribution is 2.26. The molecule has 3 aromatic rings. The molecule has 1 aromatic heterocycles. The molecule has 4 rings (SSSR count). The molecule has 6 nitrogen and oxygen atoms in total. The SMILES string of the molecule is CCOC(=O)C(c1ccc(Cl)cc1)N1CCN(C(=O)c2ccc3ncsc3c2)CC1. The third kappa shape index (κ3) is 4.33. The van der Waals surface area contributed by atoms with Gasteiger partial charge in [-0.25, -0.2) is 9.78 Å². The normalized spacial score (nSPS) is 15.9. The zero-order valence-corrected chi connectivity index (χ0v) is 18.2. The largest absolute Gasteiger partial charge is 0.465 e. The van der Waals surface area contributed by atoms with Gasteiger partial charge in [0.2, 0.25) is 0 Å². The summed E-state index contributed by atoms with van der Waals surface area (Å²) in [6.07, 6.45) is 0. The number of rotatable bonds is 5. The third-order valence-electron chi connectivity index (χ3n) is 5.24. The van der Waals surface area contributed by atoms with Crippen LogP contribution < -0.4 is 0 Å². The lowest BCUT2D eigenvalue weighted by atomic mass is 10.0. The van der Waals surface area contributed by atoms with Gasteiger partial charge in [0, 0.05) is 36.8 Å². The Hall–Kier alpha value is -2.48. The molecule has 8 heteroatoms. The number of carbonyl (C=O) groups is 2. The van der Waals surface area contributed by atoms with Crippen molar-refractivity contribution < 1.29 is 14.3 Å². The van der Waals surface area contributed by atoms with Crippen molar-refractivity contribution in [2.75, 3.05) is 32.8 Å². The number of benzene rings is 2. The van der Waals surface area contributed by atoms with Crippen LogP contribution in [0.15, 0.2) is 48.0 Å². The molecule has 1 atom stereocenters. The Morgan fingerprint density at radius 1 is 1.13 bits per heavy atom. The lowest BCUT2D eigenvalue weighted by molar-refractivity contribution is -0.150. The third-order valence-corrected chi connectivity index (χ3v) is 6.28. The fourth-order valence-electron chi connectivity index (χ4n) is 3.72. The maximum Gasteiger partial charge on any atom is 0.328 e. The number of thiazole rings is 1. The molecule has 0 saturated carbocycles. The second kappa shape index (κ2) is 9.12. The molecular formula is C22H22ClN3O3S. The number of hydrogen-bond acceptors (Lipinski definition) is 6. The Balaban J connectivity index is 1.47. The van der Waals surface area contributed by atoms with E-state index in [0.717, 1.165) is 15.8 Å². The fourth-order valence-corrected chi connectivity index (χ4v) is 4.56. The van der Waals surface area contributed by atoms with E-state index in [0.29, 0.717) is 43.4 Å². The van der Waals surface area contributed by atoms with E-state index in [2.05, 4.69) is 9.88 Å². The minimum Gasteiger partial charge on any atom is -0.465 e. The monoisotopic (exact) mass is 443 g/mol. The van der Waals surface area contributed by atoms with Crippen LogP contribution in [-0.4, -0.2) is 59.4 Å². The van der Waals surface area contributed by atoms with Crippen molar-refractivity contribution in [2.45, 2.75) is 13.0 Å². The minimum absolute atomic E-state index is 0.00382. The lowest BCUT2D eigenvalue weighted by Crippen LogP contribution is -2.51. The van der Waals surface area contributed by atoms with Crippen LogP contribution in [0.2, 0.25) is 5.02 Å². The summed E-state index contributed by atoms with van der Waals surface area (Å²) in [5.74, 6) is -0.278. The molecule has 1 amide bonds. The highest BCUT2D eigenvalue weighted by molar-refractivity contribution is 7.16. The first-order valence-corrected chi connectivity index (χ1v) is 11.1. The number of carbonyl (C=O) groups excluding carboxylic acids is 2. The van der Waals surface area contributed by atoms with Gasteiger partial charge in [0.1, 0.15) is 6.04 Å². The number of aromatic nitrogens is 1. The van der Waals surface area contributed by atoms with Crippen molar-refractivity contribution in [3.8, 4) is 0 Å². The molecule has 1 unspecified atom stereocenters. The number of hydrogen-bond donors (Lipinski definition) is 0. The number of fused-ring (bicyclic) bond motifs is 1. The molecule has 0 spiro atoms. The zero-order valence-electron chi connectivity index (χ0n) is 16.6. The van der Waals surface area contributed by atoms with Crippen LogP contribution in [0.3, 0.4) is 0 Å². The first kappa shape index (κ1) is 20.8. The van der Waals surface area contributed by atoms with Gasteiger partial charge < -0.3 is 9.64 Å². The molecule has 2 aromatic carbocycles. The Morgan fingerprint density at radius 3 is 2.57 bits per heavy atom. The molecule has 1 aliphatic rings. The quantitative estimate of drug-likeness (QED) is 0.557. The van der Waals surface area contributed by atoms with E-state index >= 15 is 0 Å². The summed E-state index contributed by atoms with van der Waals surface area (Å²) in [6.45, 7) is 4.38. The average Bonchev–Trinajstić information content (AvgIpc) is 3.23. The van der Waals surface area contributed by atoms with E-state index in [1.807, 2.05) is 35.2 Å². The maximum absolute atomic E-state index is 13.0. The summed E-state index contributed by atoms with van der Waals surface area (Å²) < 4.78 is 6.32. The minimum atomic E-state index is -0.506. The van der Waals surface area contributed by atoms with Crippen molar-refractivity contribution in [2.24, 2.45) is 0 Å². The van der Waals surface area contributed by atoms with Gasteiger partial charge in [-0.1, -0.05) is 23.7 Å². The van der Waals surface area contributed by atoms with Crippen LogP contribution >= 0.6 is 22.9 Å². The van der Waals surface area contributed by atoms with Gasteiger partial charge in [-0.2, -0.15) is 0 Å². The number of halogens is 1. The highest BCUT2D eigenvalue weighted by atomic mass is 35.5. The molecule has 30 heavy (non-hydrogen) atoms. The van der Waals surface area contributed by atoms with Crippen LogP contribution in [0.4, 0.5) is 0 Å². The van der Waals surface area contributed by atoms with Crippen molar-refractivity contribution >= 4 is 45.0 Å². The van der Waals surface area contributed by atoms with Crippen LogP contribution in [0.25, 0.3) is 10.2 Å². The number of amides is 1. The number of ether oxygens (including phenoxy) is 1. The predicted molar refractivity (Wildman–Crippen MR) is 118 cm³/mol. The van der Waals surface area contributed by atoms with Gasteiger partial charge in [0.15, 0.2) is 0 Å². The molecule has 2 heterocycles. The summed E-state index contributed by atoms with van der Waals surface area (Å²) >= 11 is 7.53. The molecule has 0 bridgehead atoms. The molecule has 156 valence electrons. The predicted octanol–water partition coefficient (Wildman–Crippen LogP) is 4.01. The fraction of sp³-hybridized carbons (Fsp3) is 0.318. The van der Waals surface area contributed by atoms with Gasteiger partial charge in [-0.05, 0) is 42.8 Å². The topological polar surface area (TPSA) is 62.7 Å². The zero-order chi connectivity index (χ0) is 21.1. The Morgan fingerprint density at radius 2 is 1.87 bits per heavy atom. The van der Waals surface area contributed by atoms with E-state index in [9.17, 15) is 9.59 Å². The summed E-state index contributed by atoms with van der Waals surface area (Å²) in [7, 11) is 0. The van der Waals surface area contributed by atoms with Crippen molar-refractivity contribution in [1.82, 2.24) is 14.8 Å². The molecular weight excluding hydrogens is 422 g/mol. The second-order valence-corrected chi connectivity index (χ2v) is 8.39. The van der Waals surface area contributed by atoms with Crippen LogP contribution in [0, 0.1) is 0 Å². The van der Waals surface area contributed by atoms with E-state index in [4.69, 9.17) is 16.3 Å². The molecule has 1 saturated heterocycles. The van der Waals surface area contributed by atoms with Crippen LogP contribution in [0.5, 0.6) is 0 Å². The molecule has 0 radical (unpaired) electrons. The van der Waals surface area contributed by atoms with Gasteiger partial charge in [0.25, 0.3) is 5.91 Å². The van der Waals surface area contributed by atoms with E-state index in [-0.39, 0.29) is 11.9 Å². The van der Waals surface area contributed by atoms with E-state index < -0.39 is 6.04 Å². The summed E-state index contributed by atoms with van der Waals surface area (Å²) in [4.78, 5) is 33.8. The summed E-state index contributed by atoms with van der Waals surface area (Å²) in [5, 5.41) is 0.620. The number of nitrogens with zero attached hydrogens (tertiary/aromatic N) is 3. The van der Waals surface area contributed by atoms with Crippen molar-refractivity contribution in [3.63, 3.8) is 0 Å². The smallest absolute Gasteiger partial charge is 0.328 e. The van der Waals surface area contributed by atoms with Crippen molar-refractivity contribution in [3.05, 3.63) is 64.1 Å². The number of esters is 1. The van der Waals surface area contributed by atoms with Gasteiger partial charge in [0.05, 0.1) is 22.3 Å². The highest BCUT2D eigenvalue weighted by Gasteiger charge is 2.33.